The van der Waals surface area contributed by atoms with E-state index in [1.54, 1.807) is 29.2 Å². The zero-order valence-electron chi connectivity index (χ0n) is 11.2. The summed E-state index contributed by atoms with van der Waals surface area (Å²) in [6.07, 6.45) is 4.17. The topological polar surface area (TPSA) is 88.3 Å². The average molecular weight is 286 g/mol. The first kappa shape index (κ1) is 13.3. The summed E-state index contributed by atoms with van der Waals surface area (Å²) in [5.41, 5.74) is 1.17. The van der Waals surface area contributed by atoms with Crippen LogP contribution in [0.15, 0.2) is 36.9 Å². The van der Waals surface area contributed by atoms with Gasteiger partial charge < -0.3 is 10.0 Å². The Morgan fingerprint density at radius 2 is 2.19 bits per heavy atom. The second-order valence-electron chi connectivity index (χ2n) is 4.89. The number of carbonyl (C=O) groups excluding carboxylic acids is 1. The Hall–Kier alpha value is -2.70. The maximum Gasteiger partial charge on any atom is 0.326 e. The molecule has 1 amide bonds. The van der Waals surface area contributed by atoms with Gasteiger partial charge in [0.1, 0.15) is 18.7 Å². The lowest BCUT2D eigenvalue weighted by atomic mass is 10.1. The molecule has 3 rings (SSSR count). The van der Waals surface area contributed by atoms with Crippen LogP contribution < -0.4 is 0 Å². The van der Waals surface area contributed by atoms with Crippen LogP contribution in [-0.2, 0) is 4.79 Å². The minimum absolute atomic E-state index is 0.262. The summed E-state index contributed by atoms with van der Waals surface area (Å²) in [7, 11) is 0. The van der Waals surface area contributed by atoms with Crippen molar-refractivity contribution in [3.63, 3.8) is 0 Å². The third-order valence-corrected chi connectivity index (χ3v) is 3.58. The highest BCUT2D eigenvalue weighted by molar-refractivity contribution is 5.97. The molecule has 0 aliphatic carbocycles. The minimum atomic E-state index is -0.951. The number of likely N-dealkylation sites (tertiary alicyclic amines) is 1. The van der Waals surface area contributed by atoms with E-state index < -0.39 is 12.0 Å². The highest BCUT2D eigenvalue weighted by atomic mass is 16.4. The van der Waals surface area contributed by atoms with E-state index in [1.807, 2.05) is 6.07 Å². The molecule has 0 spiro atoms. The molecule has 1 fully saturated rings. The fourth-order valence-electron chi connectivity index (χ4n) is 2.56. The van der Waals surface area contributed by atoms with Gasteiger partial charge in [-0.05, 0) is 31.0 Å². The van der Waals surface area contributed by atoms with Gasteiger partial charge in [0, 0.05) is 12.1 Å². The fraction of sp³-hybridized carbons (Fsp3) is 0.286. The number of rotatable bonds is 3. The normalized spacial score (nSPS) is 17.9. The molecule has 0 radical (unpaired) electrons. The van der Waals surface area contributed by atoms with E-state index in [0.29, 0.717) is 30.6 Å². The first-order valence-corrected chi connectivity index (χ1v) is 6.65. The van der Waals surface area contributed by atoms with Gasteiger partial charge in [0.25, 0.3) is 5.91 Å². The average Bonchev–Trinajstić information content (AvgIpc) is 3.17. The smallest absolute Gasteiger partial charge is 0.326 e. The Labute approximate surface area is 120 Å². The third kappa shape index (κ3) is 2.49. The monoisotopic (exact) mass is 286 g/mol. The Morgan fingerprint density at radius 1 is 1.33 bits per heavy atom. The number of hydrogen-bond donors (Lipinski definition) is 1. The maximum absolute atomic E-state index is 12.5. The molecule has 7 nitrogen and oxygen atoms in total. The number of carboxylic acid groups (broad SMARTS) is 1. The van der Waals surface area contributed by atoms with E-state index in [9.17, 15) is 9.59 Å². The summed E-state index contributed by atoms with van der Waals surface area (Å²) < 4.78 is 1.55. The standard InChI is InChI=1S/C14H14N4O3/c19-13(17-6-2-5-12(17)14(20)21)10-3-1-4-11(7-10)18-9-15-8-16-18/h1,3-4,7-9,12H,2,5-6H2,(H,20,21). The van der Waals surface area contributed by atoms with Gasteiger partial charge in [0.15, 0.2) is 0 Å². The molecule has 1 aromatic heterocycles. The molecule has 2 heterocycles. The van der Waals surface area contributed by atoms with Gasteiger partial charge >= 0.3 is 5.97 Å². The summed E-state index contributed by atoms with van der Waals surface area (Å²) in [6, 6.07) is 6.20. The third-order valence-electron chi connectivity index (χ3n) is 3.58. The van der Waals surface area contributed by atoms with Crippen LogP contribution >= 0.6 is 0 Å². The van der Waals surface area contributed by atoms with Crippen LogP contribution in [0.5, 0.6) is 0 Å². The van der Waals surface area contributed by atoms with Crippen molar-refractivity contribution in [2.75, 3.05) is 6.54 Å². The van der Waals surface area contributed by atoms with Crippen molar-refractivity contribution in [2.24, 2.45) is 0 Å². The molecular weight excluding hydrogens is 272 g/mol. The predicted octanol–water partition coefficient (Wildman–Crippen LogP) is 0.957. The van der Waals surface area contributed by atoms with Crippen molar-refractivity contribution < 1.29 is 14.7 Å². The molecule has 1 atom stereocenters. The highest BCUT2D eigenvalue weighted by Crippen LogP contribution is 2.21. The van der Waals surface area contributed by atoms with Crippen LogP contribution in [0, 0.1) is 0 Å². The first-order chi connectivity index (χ1) is 10.2. The van der Waals surface area contributed by atoms with E-state index in [1.165, 1.54) is 11.2 Å². The molecule has 1 saturated heterocycles. The van der Waals surface area contributed by atoms with Crippen LogP contribution in [0.25, 0.3) is 5.69 Å². The van der Waals surface area contributed by atoms with Crippen LogP contribution in [0.2, 0.25) is 0 Å². The van der Waals surface area contributed by atoms with Gasteiger partial charge in [0.2, 0.25) is 0 Å². The molecule has 108 valence electrons. The zero-order chi connectivity index (χ0) is 14.8. The number of carbonyl (C=O) groups is 2. The molecular formula is C14H14N4O3. The van der Waals surface area contributed by atoms with E-state index in [0.717, 1.165) is 0 Å². The molecule has 0 bridgehead atoms. The van der Waals surface area contributed by atoms with Gasteiger partial charge in [-0.15, -0.1) is 0 Å². The van der Waals surface area contributed by atoms with Crippen molar-refractivity contribution >= 4 is 11.9 Å². The van der Waals surface area contributed by atoms with Gasteiger partial charge in [-0.2, -0.15) is 5.10 Å². The van der Waals surface area contributed by atoms with Crippen LogP contribution in [0.3, 0.4) is 0 Å². The summed E-state index contributed by atoms with van der Waals surface area (Å²) >= 11 is 0. The molecule has 0 saturated carbocycles. The molecule has 1 unspecified atom stereocenters. The largest absolute Gasteiger partial charge is 0.480 e. The number of hydrogen-bond acceptors (Lipinski definition) is 4. The second kappa shape index (κ2) is 5.35. The van der Waals surface area contributed by atoms with Crippen molar-refractivity contribution in [1.29, 1.82) is 0 Å². The Morgan fingerprint density at radius 3 is 2.90 bits per heavy atom. The molecule has 2 aromatic rings. The molecule has 21 heavy (non-hydrogen) atoms. The van der Waals surface area contributed by atoms with Crippen LogP contribution in [0.4, 0.5) is 0 Å². The summed E-state index contributed by atoms with van der Waals surface area (Å²) in [4.78, 5) is 29.0. The van der Waals surface area contributed by atoms with Crippen molar-refractivity contribution in [1.82, 2.24) is 19.7 Å². The fourth-order valence-corrected chi connectivity index (χ4v) is 2.56. The van der Waals surface area contributed by atoms with Gasteiger partial charge in [-0.3, -0.25) is 4.79 Å². The number of nitrogens with zero attached hydrogens (tertiary/aromatic N) is 4. The second-order valence-corrected chi connectivity index (χ2v) is 4.89. The summed E-state index contributed by atoms with van der Waals surface area (Å²) in [6.45, 7) is 0.476. The molecule has 1 N–H and O–H groups in total. The Balaban J connectivity index is 1.88. The first-order valence-electron chi connectivity index (χ1n) is 6.65. The van der Waals surface area contributed by atoms with Gasteiger partial charge in [-0.25, -0.2) is 14.5 Å². The van der Waals surface area contributed by atoms with Gasteiger partial charge in [-0.1, -0.05) is 6.07 Å². The SMILES string of the molecule is O=C(O)C1CCCN1C(=O)c1cccc(-n2cncn2)c1. The quantitative estimate of drug-likeness (QED) is 0.907. The number of carboxylic acids is 1. The van der Waals surface area contributed by atoms with Gasteiger partial charge in [0.05, 0.1) is 5.69 Å². The molecule has 1 aliphatic rings. The van der Waals surface area contributed by atoms with Crippen LogP contribution in [0.1, 0.15) is 23.2 Å². The number of aliphatic carboxylic acids is 1. The Bertz CT molecular complexity index is 669. The lowest BCUT2D eigenvalue weighted by molar-refractivity contribution is -0.141. The Kier molecular flexibility index (Phi) is 3.39. The zero-order valence-corrected chi connectivity index (χ0v) is 11.2. The molecule has 7 heteroatoms. The molecule has 1 aliphatic heterocycles. The predicted molar refractivity (Wildman–Crippen MR) is 73.1 cm³/mol. The van der Waals surface area contributed by atoms with Crippen LogP contribution in [-0.4, -0.2) is 49.2 Å². The lowest BCUT2D eigenvalue weighted by Crippen LogP contribution is -2.40. The number of benzene rings is 1. The van der Waals surface area contributed by atoms with E-state index in [4.69, 9.17) is 5.11 Å². The number of aromatic nitrogens is 3. The maximum atomic E-state index is 12.5. The van der Waals surface area contributed by atoms with E-state index in [2.05, 4.69) is 10.1 Å². The number of amides is 1. The summed E-state index contributed by atoms with van der Waals surface area (Å²) in [5.74, 6) is -1.21. The lowest BCUT2D eigenvalue weighted by Gasteiger charge is -2.21. The minimum Gasteiger partial charge on any atom is -0.480 e. The van der Waals surface area contributed by atoms with Crippen molar-refractivity contribution in [3.05, 3.63) is 42.5 Å². The highest BCUT2D eigenvalue weighted by Gasteiger charge is 2.34. The van der Waals surface area contributed by atoms with E-state index in [-0.39, 0.29) is 5.91 Å². The van der Waals surface area contributed by atoms with Crippen molar-refractivity contribution in [2.45, 2.75) is 18.9 Å². The molecule has 1 aromatic carbocycles. The van der Waals surface area contributed by atoms with Crippen molar-refractivity contribution in [3.8, 4) is 5.69 Å². The summed E-state index contributed by atoms with van der Waals surface area (Å²) in [5, 5.41) is 13.2. The van der Waals surface area contributed by atoms with E-state index >= 15 is 0 Å².